The topological polar surface area (TPSA) is 49.4 Å². The van der Waals surface area contributed by atoms with E-state index in [1.165, 1.54) is 12.0 Å². The van der Waals surface area contributed by atoms with Gasteiger partial charge in [0.15, 0.2) is 0 Å². The molecule has 0 saturated heterocycles. The van der Waals surface area contributed by atoms with Crippen molar-refractivity contribution in [2.45, 2.75) is 76.8 Å². The van der Waals surface area contributed by atoms with Crippen molar-refractivity contribution in [2.75, 3.05) is 5.75 Å². The van der Waals surface area contributed by atoms with Crippen molar-refractivity contribution in [3.63, 3.8) is 0 Å². The normalized spacial score (nSPS) is 15.1. The molecule has 0 radical (unpaired) electrons. The van der Waals surface area contributed by atoms with Crippen molar-refractivity contribution in [3.05, 3.63) is 70.2 Å². The van der Waals surface area contributed by atoms with Gasteiger partial charge in [0.2, 0.25) is 11.8 Å². The zero-order chi connectivity index (χ0) is 23.6. The van der Waals surface area contributed by atoms with Crippen molar-refractivity contribution >= 4 is 35.2 Å². The van der Waals surface area contributed by atoms with Gasteiger partial charge in [0.05, 0.1) is 5.75 Å². The molecule has 33 heavy (non-hydrogen) atoms. The molecule has 1 atom stereocenters. The lowest BCUT2D eigenvalue weighted by Gasteiger charge is -2.32. The molecule has 0 spiro atoms. The summed E-state index contributed by atoms with van der Waals surface area (Å²) in [5.41, 5.74) is 3.35. The van der Waals surface area contributed by atoms with Crippen LogP contribution in [-0.4, -0.2) is 34.6 Å². The molecule has 0 bridgehead atoms. The standard InChI is InChI=1S/C27H35ClN2O2S/c1-3-25(27(32)29-24-7-5-4-6-8-24)30(17-21-11-9-20(2)10-12-21)26(31)19-33-18-22-13-15-23(28)16-14-22/h9-16,24-25H,3-8,17-19H2,1-2H3,(H,29,32). The Kier molecular flexibility index (Phi) is 10.1. The van der Waals surface area contributed by atoms with Gasteiger partial charge >= 0.3 is 0 Å². The van der Waals surface area contributed by atoms with Gasteiger partial charge in [-0.3, -0.25) is 9.59 Å². The molecular weight excluding hydrogens is 452 g/mol. The average Bonchev–Trinajstić information content (AvgIpc) is 2.82. The lowest BCUT2D eigenvalue weighted by molar-refractivity contribution is -0.139. The number of rotatable bonds is 10. The summed E-state index contributed by atoms with van der Waals surface area (Å²) in [6, 6.07) is 15.7. The summed E-state index contributed by atoms with van der Waals surface area (Å²) in [6.45, 7) is 4.48. The van der Waals surface area contributed by atoms with Crippen LogP contribution in [0.3, 0.4) is 0 Å². The third kappa shape index (κ3) is 8.08. The Hall–Kier alpha value is -1.98. The summed E-state index contributed by atoms with van der Waals surface area (Å²) >= 11 is 7.54. The predicted octanol–water partition coefficient (Wildman–Crippen LogP) is 6.14. The fourth-order valence-corrected chi connectivity index (χ4v) is 5.27. The van der Waals surface area contributed by atoms with Crippen LogP contribution in [0.2, 0.25) is 5.02 Å². The summed E-state index contributed by atoms with van der Waals surface area (Å²) in [6.07, 6.45) is 6.23. The highest BCUT2D eigenvalue weighted by atomic mass is 35.5. The molecule has 1 aliphatic rings. The van der Waals surface area contributed by atoms with Crippen LogP contribution in [0.25, 0.3) is 0 Å². The van der Waals surface area contributed by atoms with Gasteiger partial charge in [0.1, 0.15) is 6.04 Å². The molecule has 1 unspecified atom stereocenters. The van der Waals surface area contributed by atoms with Crippen LogP contribution in [0.1, 0.15) is 62.1 Å². The lowest BCUT2D eigenvalue weighted by atomic mass is 9.95. The van der Waals surface area contributed by atoms with Gasteiger partial charge in [-0.25, -0.2) is 0 Å². The van der Waals surface area contributed by atoms with E-state index in [1.54, 1.807) is 16.7 Å². The quantitative estimate of drug-likeness (QED) is 0.439. The van der Waals surface area contributed by atoms with Gasteiger partial charge in [-0.05, 0) is 49.4 Å². The van der Waals surface area contributed by atoms with Crippen LogP contribution in [0.5, 0.6) is 0 Å². The molecule has 1 N–H and O–H groups in total. The van der Waals surface area contributed by atoms with Crippen LogP contribution >= 0.6 is 23.4 Å². The maximum Gasteiger partial charge on any atom is 0.243 e. The van der Waals surface area contributed by atoms with Crippen LogP contribution in [0.4, 0.5) is 0 Å². The maximum atomic E-state index is 13.4. The number of carbonyl (C=O) groups is 2. The molecule has 4 nitrogen and oxygen atoms in total. The Morgan fingerprint density at radius 3 is 2.30 bits per heavy atom. The second-order valence-electron chi connectivity index (χ2n) is 8.89. The molecule has 2 amide bonds. The molecular formula is C27H35ClN2O2S. The van der Waals surface area contributed by atoms with Crippen molar-refractivity contribution in [3.8, 4) is 0 Å². The zero-order valence-electron chi connectivity index (χ0n) is 19.7. The highest BCUT2D eigenvalue weighted by molar-refractivity contribution is 7.99. The largest absolute Gasteiger partial charge is 0.352 e. The summed E-state index contributed by atoms with van der Waals surface area (Å²) < 4.78 is 0. The Bertz CT molecular complexity index is 895. The fourth-order valence-electron chi connectivity index (χ4n) is 4.27. The summed E-state index contributed by atoms with van der Waals surface area (Å²) in [5, 5.41) is 3.94. The van der Waals surface area contributed by atoms with E-state index in [4.69, 9.17) is 11.6 Å². The van der Waals surface area contributed by atoms with E-state index in [9.17, 15) is 9.59 Å². The number of carbonyl (C=O) groups excluding carboxylic acids is 2. The summed E-state index contributed by atoms with van der Waals surface area (Å²) in [5.74, 6) is 1.04. The smallest absolute Gasteiger partial charge is 0.243 e. The highest BCUT2D eigenvalue weighted by Crippen LogP contribution is 2.21. The van der Waals surface area contributed by atoms with Gasteiger partial charge < -0.3 is 10.2 Å². The molecule has 3 rings (SSSR count). The number of halogens is 1. The van der Waals surface area contributed by atoms with E-state index in [0.717, 1.165) is 42.6 Å². The third-order valence-corrected chi connectivity index (χ3v) is 7.46. The number of hydrogen-bond donors (Lipinski definition) is 1. The van der Waals surface area contributed by atoms with Gasteiger partial charge in [0, 0.05) is 23.4 Å². The Labute approximate surface area is 207 Å². The minimum atomic E-state index is -0.461. The number of nitrogens with one attached hydrogen (secondary N) is 1. The summed E-state index contributed by atoms with van der Waals surface area (Å²) in [7, 11) is 0. The van der Waals surface area contributed by atoms with Gasteiger partial charge in [-0.1, -0.05) is 79.7 Å². The first-order valence-corrected chi connectivity index (χ1v) is 13.5. The number of hydrogen-bond acceptors (Lipinski definition) is 3. The number of nitrogens with zero attached hydrogens (tertiary/aromatic N) is 1. The Morgan fingerprint density at radius 1 is 1.03 bits per heavy atom. The zero-order valence-corrected chi connectivity index (χ0v) is 21.3. The minimum Gasteiger partial charge on any atom is -0.352 e. The molecule has 1 fully saturated rings. The molecule has 2 aromatic rings. The monoisotopic (exact) mass is 486 g/mol. The number of thioether (sulfide) groups is 1. The first-order chi connectivity index (χ1) is 16.0. The van der Waals surface area contributed by atoms with Crippen molar-refractivity contribution in [1.82, 2.24) is 10.2 Å². The van der Waals surface area contributed by atoms with Crippen LogP contribution < -0.4 is 5.32 Å². The molecule has 2 aromatic carbocycles. The average molecular weight is 487 g/mol. The molecule has 0 heterocycles. The van der Waals surface area contributed by atoms with Crippen LogP contribution in [0, 0.1) is 6.92 Å². The minimum absolute atomic E-state index is 0.000169. The molecule has 6 heteroatoms. The highest BCUT2D eigenvalue weighted by Gasteiger charge is 2.30. The van der Waals surface area contributed by atoms with Gasteiger partial charge in [-0.15, -0.1) is 11.8 Å². The molecule has 0 aliphatic heterocycles. The predicted molar refractivity (Wildman–Crippen MR) is 138 cm³/mol. The van der Waals surface area contributed by atoms with E-state index in [-0.39, 0.29) is 17.9 Å². The fraction of sp³-hybridized carbons (Fsp3) is 0.481. The maximum absolute atomic E-state index is 13.4. The second kappa shape index (κ2) is 13.0. The van der Waals surface area contributed by atoms with Crippen LogP contribution in [-0.2, 0) is 21.9 Å². The van der Waals surface area contributed by atoms with Crippen molar-refractivity contribution in [2.24, 2.45) is 0 Å². The van der Waals surface area contributed by atoms with Crippen molar-refractivity contribution < 1.29 is 9.59 Å². The Balaban J connectivity index is 1.68. The van der Waals surface area contributed by atoms with E-state index in [2.05, 4.69) is 17.4 Å². The number of benzene rings is 2. The Morgan fingerprint density at radius 2 is 1.67 bits per heavy atom. The molecule has 0 aromatic heterocycles. The second-order valence-corrected chi connectivity index (χ2v) is 10.3. The van der Waals surface area contributed by atoms with Crippen LogP contribution in [0.15, 0.2) is 48.5 Å². The first kappa shape index (κ1) is 25.6. The lowest BCUT2D eigenvalue weighted by Crippen LogP contribution is -2.52. The number of aryl methyl sites for hydroxylation is 1. The van der Waals surface area contributed by atoms with Crippen molar-refractivity contribution in [1.29, 1.82) is 0 Å². The van der Waals surface area contributed by atoms with E-state index in [0.29, 0.717) is 23.7 Å². The molecule has 1 aliphatic carbocycles. The summed E-state index contributed by atoms with van der Waals surface area (Å²) in [4.78, 5) is 28.4. The first-order valence-electron chi connectivity index (χ1n) is 11.9. The van der Waals surface area contributed by atoms with Gasteiger partial charge in [-0.2, -0.15) is 0 Å². The molecule has 1 saturated carbocycles. The molecule has 178 valence electrons. The third-order valence-electron chi connectivity index (χ3n) is 6.22. The van der Waals surface area contributed by atoms with E-state index in [1.807, 2.05) is 50.2 Å². The number of amides is 2. The van der Waals surface area contributed by atoms with Gasteiger partial charge in [0.25, 0.3) is 0 Å². The van der Waals surface area contributed by atoms with E-state index < -0.39 is 6.04 Å². The SMILES string of the molecule is CCC(C(=O)NC1CCCCC1)N(Cc1ccc(C)cc1)C(=O)CSCc1ccc(Cl)cc1. The van der Waals surface area contributed by atoms with E-state index >= 15 is 0 Å².